The highest BCUT2D eigenvalue weighted by Crippen LogP contribution is 2.25. The molecule has 0 bridgehead atoms. The summed E-state index contributed by atoms with van der Waals surface area (Å²) in [6.07, 6.45) is 1.46. The van der Waals surface area contributed by atoms with Gasteiger partial charge < -0.3 is 14.1 Å². The predicted molar refractivity (Wildman–Crippen MR) is 93.8 cm³/mol. The number of rotatable bonds is 4. The maximum absolute atomic E-state index is 12.7. The summed E-state index contributed by atoms with van der Waals surface area (Å²) in [6.45, 7) is 2.69. The van der Waals surface area contributed by atoms with Crippen LogP contribution in [0.3, 0.4) is 0 Å². The van der Waals surface area contributed by atoms with Gasteiger partial charge in [-0.1, -0.05) is 0 Å². The minimum Gasteiger partial charge on any atom is -0.465 e. The minimum atomic E-state index is -3.71. The monoisotopic (exact) mass is 398 g/mol. The van der Waals surface area contributed by atoms with Crippen molar-refractivity contribution in [2.24, 2.45) is 0 Å². The second-order valence-corrected chi connectivity index (χ2v) is 8.85. The average Bonchev–Trinajstić information content (AvgIpc) is 3.30. The van der Waals surface area contributed by atoms with Crippen LogP contribution in [-0.4, -0.2) is 62.8 Å². The Morgan fingerprint density at radius 2 is 1.92 bits per heavy atom. The maximum atomic E-state index is 12.7. The van der Waals surface area contributed by atoms with Crippen LogP contribution in [0.1, 0.15) is 26.5 Å². The van der Waals surface area contributed by atoms with E-state index in [-0.39, 0.29) is 47.6 Å². The largest absolute Gasteiger partial charge is 0.465 e. The lowest BCUT2D eigenvalue weighted by Crippen LogP contribution is -2.50. The van der Waals surface area contributed by atoms with E-state index in [1.807, 2.05) is 0 Å². The molecule has 3 heterocycles. The van der Waals surface area contributed by atoms with Crippen LogP contribution in [0.25, 0.3) is 0 Å². The number of piperazine rings is 1. The number of carbonyl (C=O) groups excluding carboxylic acids is 2. The number of amides is 1. The summed E-state index contributed by atoms with van der Waals surface area (Å²) in [5.74, 6) is -0.539. The van der Waals surface area contributed by atoms with Gasteiger partial charge in [-0.15, -0.1) is 11.3 Å². The van der Waals surface area contributed by atoms with Crippen molar-refractivity contribution < 1.29 is 27.2 Å². The number of aryl methyl sites for hydroxylation is 1. The van der Waals surface area contributed by atoms with Crippen molar-refractivity contribution in [1.29, 1.82) is 0 Å². The molecular formula is C16H18N2O6S2. The van der Waals surface area contributed by atoms with Crippen molar-refractivity contribution in [2.45, 2.75) is 11.1 Å². The van der Waals surface area contributed by atoms with E-state index in [0.717, 1.165) is 16.9 Å². The summed E-state index contributed by atoms with van der Waals surface area (Å²) in [4.78, 5) is 25.5. The first-order valence-electron chi connectivity index (χ1n) is 7.85. The lowest BCUT2D eigenvalue weighted by atomic mass is 10.2. The molecule has 1 amide bonds. The van der Waals surface area contributed by atoms with Gasteiger partial charge >= 0.3 is 5.97 Å². The second-order valence-electron chi connectivity index (χ2n) is 5.78. The van der Waals surface area contributed by atoms with Crippen molar-refractivity contribution in [2.75, 3.05) is 33.3 Å². The number of carbonyl (C=O) groups is 2. The first-order valence-corrected chi connectivity index (χ1v) is 10.2. The van der Waals surface area contributed by atoms with Crippen LogP contribution >= 0.6 is 11.3 Å². The Labute approximate surface area is 155 Å². The van der Waals surface area contributed by atoms with Crippen molar-refractivity contribution in [3.05, 3.63) is 40.7 Å². The molecule has 10 heteroatoms. The van der Waals surface area contributed by atoms with Gasteiger partial charge in [-0.05, 0) is 19.1 Å². The SMILES string of the molecule is COC(=O)c1csc(S(=O)(=O)N2CCN(C(=O)c3occc3C)CC2)c1. The average molecular weight is 398 g/mol. The molecule has 0 atom stereocenters. The highest BCUT2D eigenvalue weighted by molar-refractivity contribution is 7.91. The molecule has 2 aromatic rings. The molecule has 0 aromatic carbocycles. The second kappa shape index (κ2) is 7.22. The normalized spacial score (nSPS) is 15.8. The highest BCUT2D eigenvalue weighted by Gasteiger charge is 2.32. The molecule has 1 aliphatic heterocycles. The molecule has 1 fully saturated rings. The first kappa shape index (κ1) is 18.6. The van der Waals surface area contributed by atoms with Crippen LogP contribution < -0.4 is 0 Å². The number of methoxy groups -OCH3 is 1. The zero-order chi connectivity index (χ0) is 18.9. The Bertz CT molecular complexity index is 922. The number of ether oxygens (including phenoxy) is 1. The zero-order valence-electron chi connectivity index (χ0n) is 14.3. The molecule has 1 aliphatic rings. The molecule has 0 N–H and O–H groups in total. The van der Waals surface area contributed by atoms with E-state index in [2.05, 4.69) is 4.74 Å². The van der Waals surface area contributed by atoms with Crippen LogP contribution in [0.2, 0.25) is 0 Å². The summed E-state index contributed by atoms with van der Waals surface area (Å²) in [6, 6.07) is 3.03. The summed E-state index contributed by atoms with van der Waals surface area (Å²) in [5.41, 5.74) is 0.956. The molecule has 2 aromatic heterocycles. The van der Waals surface area contributed by atoms with Gasteiger partial charge in [0.05, 0.1) is 18.9 Å². The Morgan fingerprint density at radius 1 is 1.23 bits per heavy atom. The molecular weight excluding hydrogens is 380 g/mol. The van der Waals surface area contributed by atoms with Crippen molar-refractivity contribution >= 4 is 33.2 Å². The zero-order valence-corrected chi connectivity index (χ0v) is 15.9. The molecule has 0 aliphatic carbocycles. The standard InChI is InChI=1S/C16H18N2O6S2/c1-11-3-8-24-14(11)15(19)17-4-6-18(7-5-17)26(21,22)13-9-12(10-25-13)16(20)23-2/h3,8-10H,4-7H2,1-2H3. The van der Waals surface area contributed by atoms with Crippen LogP contribution in [-0.2, 0) is 14.8 Å². The van der Waals surface area contributed by atoms with Gasteiger partial charge in [-0.25, -0.2) is 13.2 Å². The summed E-state index contributed by atoms with van der Waals surface area (Å²) in [5, 5.41) is 1.46. The minimum absolute atomic E-state index is 0.0829. The molecule has 8 nitrogen and oxygen atoms in total. The number of thiophene rings is 1. The Balaban J connectivity index is 1.69. The van der Waals surface area contributed by atoms with E-state index >= 15 is 0 Å². The van der Waals surface area contributed by atoms with Crippen molar-refractivity contribution in [1.82, 2.24) is 9.21 Å². The molecule has 1 saturated heterocycles. The Kier molecular flexibility index (Phi) is 5.17. The molecule has 140 valence electrons. The van der Waals surface area contributed by atoms with Crippen LogP contribution in [0.4, 0.5) is 0 Å². The summed E-state index contributed by atoms with van der Waals surface area (Å²) in [7, 11) is -2.47. The lowest BCUT2D eigenvalue weighted by Gasteiger charge is -2.33. The molecule has 0 saturated carbocycles. The predicted octanol–water partition coefficient (Wildman–Crippen LogP) is 1.58. The smallest absolute Gasteiger partial charge is 0.338 e. The lowest BCUT2D eigenvalue weighted by molar-refractivity contribution is 0.0600. The maximum Gasteiger partial charge on any atom is 0.338 e. The number of sulfonamides is 1. The third-order valence-electron chi connectivity index (χ3n) is 4.17. The summed E-state index contributed by atoms with van der Waals surface area (Å²) >= 11 is 0.975. The van der Waals surface area contributed by atoms with E-state index in [1.165, 1.54) is 29.1 Å². The Morgan fingerprint density at radius 3 is 2.50 bits per heavy atom. The van der Waals surface area contributed by atoms with Gasteiger partial charge in [0.25, 0.3) is 15.9 Å². The number of esters is 1. The highest BCUT2D eigenvalue weighted by atomic mass is 32.2. The molecule has 26 heavy (non-hydrogen) atoms. The van der Waals surface area contributed by atoms with Gasteiger partial charge in [-0.2, -0.15) is 4.31 Å². The van der Waals surface area contributed by atoms with Crippen molar-refractivity contribution in [3.63, 3.8) is 0 Å². The number of hydrogen-bond donors (Lipinski definition) is 0. The molecule has 0 unspecified atom stereocenters. The molecule has 0 radical (unpaired) electrons. The van der Waals surface area contributed by atoms with Gasteiger partial charge in [0.1, 0.15) is 4.21 Å². The van der Waals surface area contributed by atoms with E-state index in [1.54, 1.807) is 17.9 Å². The van der Waals surface area contributed by atoms with E-state index in [9.17, 15) is 18.0 Å². The van der Waals surface area contributed by atoms with Gasteiger partial charge in [0.15, 0.2) is 5.76 Å². The fourth-order valence-electron chi connectivity index (χ4n) is 2.67. The topological polar surface area (TPSA) is 97.1 Å². The van der Waals surface area contributed by atoms with Crippen LogP contribution in [0, 0.1) is 6.92 Å². The van der Waals surface area contributed by atoms with E-state index in [0.29, 0.717) is 0 Å². The van der Waals surface area contributed by atoms with Gasteiger partial charge in [0, 0.05) is 37.1 Å². The van der Waals surface area contributed by atoms with Gasteiger partial charge in [0.2, 0.25) is 0 Å². The van der Waals surface area contributed by atoms with E-state index in [4.69, 9.17) is 4.42 Å². The van der Waals surface area contributed by atoms with Gasteiger partial charge in [-0.3, -0.25) is 4.79 Å². The third-order valence-corrected chi connectivity index (χ3v) is 7.49. The van der Waals surface area contributed by atoms with Crippen LogP contribution in [0.5, 0.6) is 0 Å². The van der Waals surface area contributed by atoms with Crippen molar-refractivity contribution in [3.8, 4) is 0 Å². The first-order chi connectivity index (χ1) is 12.3. The Hall–Kier alpha value is -2.17. The third kappa shape index (κ3) is 3.39. The van der Waals surface area contributed by atoms with Crippen LogP contribution in [0.15, 0.2) is 32.4 Å². The number of hydrogen-bond acceptors (Lipinski definition) is 7. The number of furan rings is 1. The van der Waals surface area contributed by atoms with E-state index < -0.39 is 16.0 Å². The molecule has 3 rings (SSSR count). The fraction of sp³-hybridized carbons (Fsp3) is 0.375. The summed E-state index contributed by atoms with van der Waals surface area (Å²) < 4.78 is 36.7. The number of nitrogens with zero attached hydrogens (tertiary/aromatic N) is 2. The molecule has 0 spiro atoms. The quantitative estimate of drug-likeness (QED) is 0.726. The fourth-order valence-corrected chi connectivity index (χ4v) is 5.39.